The molecule has 0 radical (unpaired) electrons. The molecule has 0 bridgehead atoms. The molecule has 0 unspecified atom stereocenters. The van der Waals surface area contributed by atoms with Crippen molar-refractivity contribution in [2.24, 2.45) is 0 Å². The van der Waals surface area contributed by atoms with Crippen molar-refractivity contribution in [3.8, 4) is 0 Å². The summed E-state index contributed by atoms with van der Waals surface area (Å²) in [4.78, 5) is 26.6. The van der Waals surface area contributed by atoms with Crippen LogP contribution < -0.4 is 5.32 Å². The molecule has 2 rings (SSSR count). The molecule has 0 fully saturated rings. The summed E-state index contributed by atoms with van der Waals surface area (Å²) < 4.78 is 2.01. The van der Waals surface area contributed by atoms with Gasteiger partial charge in [-0.05, 0) is 42.3 Å². The zero-order valence-corrected chi connectivity index (χ0v) is 19.2. The highest BCUT2D eigenvalue weighted by Crippen LogP contribution is 2.18. The topological polar surface area (TPSA) is 49.4 Å². The van der Waals surface area contributed by atoms with E-state index in [4.69, 9.17) is 0 Å². The van der Waals surface area contributed by atoms with Gasteiger partial charge in [0.25, 0.3) is 0 Å². The van der Waals surface area contributed by atoms with E-state index in [0.29, 0.717) is 12.3 Å². The predicted molar refractivity (Wildman–Crippen MR) is 119 cm³/mol. The molecule has 0 saturated carbocycles. The van der Waals surface area contributed by atoms with Gasteiger partial charge in [0, 0.05) is 28.3 Å². The molecule has 2 aromatic rings. The summed E-state index contributed by atoms with van der Waals surface area (Å²) in [5.41, 5.74) is 2.15. The fraction of sp³-hybridized carbons (Fsp3) is 0.300. The smallest absolute Gasteiger partial charge is 0.242 e. The van der Waals surface area contributed by atoms with Crippen molar-refractivity contribution in [3.63, 3.8) is 0 Å². The van der Waals surface area contributed by atoms with Gasteiger partial charge in [-0.25, -0.2) is 0 Å². The molecule has 0 aliphatic carbocycles. The van der Waals surface area contributed by atoms with Crippen molar-refractivity contribution in [1.29, 1.82) is 0 Å². The van der Waals surface area contributed by atoms with Gasteiger partial charge >= 0.3 is 0 Å². The summed E-state index contributed by atoms with van der Waals surface area (Å²) in [5, 5.41) is 2.63. The number of likely N-dealkylation sites (N-methyl/N-ethyl adjacent to an activating group) is 1. The Hall–Kier alpha value is -1.31. The lowest BCUT2D eigenvalue weighted by Crippen LogP contribution is -2.47. The first-order valence-electron chi connectivity index (χ1n) is 8.48. The summed E-state index contributed by atoms with van der Waals surface area (Å²) in [7, 11) is 1.59. The Balaban J connectivity index is 2.02. The number of carbonyl (C=O) groups excluding carboxylic acids is 2. The molecule has 27 heavy (non-hydrogen) atoms. The van der Waals surface area contributed by atoms with Gasteiger partial charge in [0.05, 0.1) is 5.75 Å². The zero-order chi connectivity index (χ0) is 19.8. The number of rotatable bonds is 8. The maximum absolute atomic E-state index is 12.8. The normalized spacial score (nSPS) is 11.7. The first kappa shape index (κ1) is 22.0. The standard InChI is InChI=1S/C20H22Br2N2O2S/c1-14(20(26)23-2)24(11-15-3-7-17(21)8-4-15)19(25)13-27-12-16-5-9-18(22)10-6-16/h3-10,14H,11-13H2,1-2H3,(H,23,26)/t14-/m0/s1. The lowest BCUT2D eigenvalue weighted by molar-refractivity contribution is -0.138. The van der Waals surface area contributed by atoms with E-state index < -0.39 is 6.04 Å². The van der Waals surface area contributed by atoms with Gasteiger partial charge in [-0.3, -0.25) is 9.59 Å². The number of hydrogen-bond donors (Lipinski definition) is 1. The lowest BCUT2D eigenvalue weighted by atomic mass is 10.1. The molecular weight excluding hydrogens is 492 g/mol. The first-order valence-corrected chi connectivity index (χ1v) is 11.2. The second kappa shape index (κ2) is 10.9. The molecule has 4 nitrogen and oxygen atoms in total. The van der Waals surface area contributed by atoms with Crippen molar-refractivity contribution >= 4 is 55.4 Å². The van der Waals surface area contributed by atoms with E-state index in [2.05, 4.69) is 37.2 Å². The molecule has 7 heteroatoms. The molecule has 0 aliphatic rings. The van der Waals surface area contributed by atoms with Crippen LogP contribution in [-0.4, -0.2) is 35.6 Å². The number of hydrogen-bond acceptors (Lipinski definition) is 3. The van der Waals surface area contributed by atoms with Gasteiger partial charge in [0.15, 0.2) is 0 Å². The number of nitrogens with zero attached hydrogens (tertiary/aromatic N) is 1. The predicted octanol–water partition coefficient (Wildman–Crippen LogP) is 4.61. The third-order valence-corrected chi connectivity index (χ3v) is 6.13. The van der Waals surface area contributed by atoms with Crippen molar-refractivity contribution in [3.05, 3.63) is 68.6 Å². The number of benzene rings is 2. The SMILES string of the molecule is CNC(=O)[C@H](C)N(Cc1ccc(Br)cc1)C(=O)CSCc1ccc(Br)cc1. The highest BCUT2D eigenvalue weighted by atomic mass is 79.9. The van der Waals surface area contributed by atoms with E-state index in [0.717, 1.165) is 25.8 Å². The van der Waals surface area contributed by atoms with Crippen molar-refractivity contribution in [2.75, 3.05) is 12.8 Å². The maximum atomic E-state index is 12.8. The number of halogens is 2. The molecular formula is C20H22Br2N2O2S. The second-order valence-electron chi connectivity index (χ2n) is 6.06. The summed E-state index contributed by atoms with van der Waals surface area (Å²) in [6, 6.07) is 15.3. The first-order chi connectivity index (χ1) is 12.9. The van der Waals surface area contributed by atoms with Crippen LogP contribution in [0.2, 0.25) is 0 Å². The number of nitrogens with one attached hydrogen (secondary N) is 1. The molecule has 0 saturated heterocycles. The molecule has 2 amide bonds. The second-order valence-corrected chi connectivity index (χ2v) is 8.87. The van der Waals surface area contributed by atoms with Gasteiger partial charge in [-0.1, -0.05) is 56.1 Å². The summed E-state index contributed by atoms with van der Waals surface area (Å²) in [6.07, 6.45) is 0. The van der Waals surface area contributed by atoms with Crippen LogP contribution in [0, 0.1) is 0 Å². The van der Waals surface area contributed by atoms with Gasteiger partial charge in [0.1, 0.15) is 6.04 Å². The van der Waals surface area contributed by atoms with Crippen LogP contribution in [0.5, 0.6) is 0 Å². The van der Waals surface area contributed by atoms with Gasteiger partial charge < -0.3 is 10.2 Å². The quantitative estimate of drug-likeness (QED) is 0.560. The molecule has 2 aromatic carbocycles. The third-order valence-electron chi connectivity index (χ3n) is 4.09. The average molecular weight is 514 g/mol. The minimum absolute atomic E-state index is 0.0452. The average Bonchev–Trinajstić information content (AvgIpc) is 2.67. The number of carbonyl (C=O) groups is 2. The van der Waals surface area contributed by atoms with E-state index in [1.165, 1.54) is 0 Å². The minimum Gasteiger partial charge on any atom is -0.357 e. The molecule has 144 valence electrons. The van der Waals surface area contributed by atoms with Crippen LogP contribution >= 0.6 is 43.6 Å². The minimum atomic E-state index is -0.528. The Morgan fingerprint density at radius 1 is 1.00 bits per heavy atom. The monoisotopic (exact) mass is 512 g/mol. The fourth-order valence-corrected chi connectivity index (χ4v) is 3.90. The molecule has 1 N–H and O–H groups in total. The van der Waals surface area contributed by atoms with Crippen LogP contribution in [0.25, 0.3) is 0 Å². The highest BCUT2D eigenvalue weighted by Gasteiger charge is 2.25. The van der Waals surface area contributed by atoms with Crippen LogP contribution in [0.15, 0.2) is 57.5 Å². The van der Waals surface area contributed by atoms with Crippen LogP contribution in [0.4, 0.5) is 0 Å². The maximum Gasteiger partial charge on any atom is 0.242 e. The molecule has 0 heterocycles. The van der Waals surface area contributed by atoms with E-state index in [1.54, 1.807) is 30.6 Å². The Morgan fingerprint density at radius 2 is 1.52 bits per heavy atom. The van der Waals surface area contributed by atoms with Gasteiger partial charge in [0.2, 0.25) is 11.8 Å². The van der Waals surface area contributed by atoms with Crippen LogP contribution in [-0.2, 0) is 21.9 Å². The zero-order valence-electron chi connectivity index (χ0n) is 15.2. The van der Waals surface area contributed by atoms with Gasteiger partial charge in [-0.2, -0.15) is 0 Å². The molecule has 0 aromatic heterocycles. The molecule has 1 atom stereocenters. The molecule has 0 aliphatic heterocycles. The summed E-state index contributed by atoms with van der Waals surface area (Å²) in [6.45, 7) is 2.16. The third kappa shape index (κ3) is 6.97. The van der Waals surface area contributed by atoms with Crippen molar-refractivity contribution in [2.45, 2.75) is 25.3 Å². The number of thioether (sulfide) groups is 1. The Kier molecular flexibility index (Phi) is 8.86. The lowest BCUT2D eigenvalue weighted by Gasteiger charge is -2.28. The van der Waals surface area contributed by atoms with E-state index in [1.807, 2.05) is 48.5 Å². The summed E-state index contributed by atoms with van der Waals surface area (Å²) >= 11 is 8.39. The van der Waals surface area contributed by atoms with E-state index in [-0.39, 0.29) is 11.8 Å². The van der Waals surface area contributed by atoms with E-state index in [9.17, 15) is 9.59 Å². The van der Waals surface area contributed by atoms with Gasteiger partial charge in [-0.15, -0.1) is 11.8 Å². The Bertz CT molecular complexity index is 767. The fourth-order valence-electron chi connectivity index (χ4n) is 2.50. The van der Waals surface area contributed by atoms with Crippen LogP contribution in [0.1, 0.15) is 18.1 Å². The molecule has 0 spiro atoms. The Morgan fingerprint density at radius 3 is 2.04 bits per heavy atom. The summed E-state index contributed by atoms with van der Waals surface area (Å²) in [5.74, 6) is 0.863. The van der Waals surface area contributed by atoms with Crippen LogP contribution in [0.3, 0.4) is 0 Å². The highest BCUT2D eigenvalue weighted by molar-refractivity contribution is 9.10. The van der Waals surface area contributed by atoms with Crippen molar-refractivity contribution in [1.82, 2.24) is 10.2 Å². The van der Waals surface area contributed by atoms with Crippen molar-refractivity contribution < 1.29 is 9.59 Å². The largest absolute Gasteiger partial charge is 0.357 e. The number of amides is 2. The Labute approximate surface area is 181 Å². The van der Waals surface area contributed by atoms with E-state index >= 15 is 0 Å².